The van der Waals surface area contributed by atoms with Crippen LogP contribution in [0.25, 0.3) is 0 Å². The van der Waals surface area contributed by atoms with Crippen LogP contribution in [-0.4, -0.2) is 56.4 Å². The standard InChI is InChI=1S/C16H22N2O3/c19-16(10-14-11-20-8-6-17-14)18-7-9-21-12-15(18)13-4-2-1-3-5-13/h1-5,14-15,17H,6-12H2. The summed E-state index contributed by atoms with van der Waals surface area (Å²) in [4.78, 5) is 14.6. The number of carbonyl (C=O) groups is 1. The Morgan fingerprint density at radius 1 is 1.19 bits per heavy atom. The molecule has 2 atom stereocenters. The van der Waals surface area contributed by atoms with E-state index in [1.807, 2.05) is 23.1 Å². The van der Waals surface area contributed by atoms with Gasteiger partial charge in [-0.25, -0.2) is 0 Å². The second kappa shape index (κ2) is 7.02. The van der Waals surface area contributed by atoms with Gasteiger partial charge in [-0.2, -0.15) is 0 Å². The number of carbonyl (C=O) groups excluding carboxylic acids is 1. The molecule has 3 rings (SSSR count). The first-order chi connectivity index (χ1) is 10.3. The monoisotopic (exact) mass is 290 g/mol. The van der Waals surface area contributed by atoms with E-state index < -0.39 is 0 Å². The van der Waals surface area contributed by atoms with Crippen LogP contribution in [0.1, 0.15) is 18.0 Å². The van der Waals surface area contributed by atoms with Gasteiger partial charge in [-0.15, -0.1) is 0 Å². The topological polar surface area (TPSA) is 50.8 Å². The molecule has 5 nitrogen and oxygen atoms in total. The van der Waals surface area contributed by atoms with E-state index in [0.717, 1.165) is 18.7 Å². The van der Waals surface area contributed by atoms with Crippen molar-refractivity contribution in [3.05, 3.63) is 35.9 Å². The highest BCUT2D eigenvalue weighted by Crippen LogP contribution is 2.25. The lowest BCUT2D eigenvalue weighted by atomic mass is 10.0. The van der Waals surface area contributed by atoms with Crippen LogP contribution in [0.5, 0.6) is 0 Å². The fraction of sp³-hybridized carbons (Fsp3) is 0.562. The molecule has 0 saturated carbocycles. The Morgan fingerprint density at radius 3 is 2.76 bits per heavy atom. The molecule has 1 amide bonds. The molecule has 2 heterocycles. The Bertz CT molecular complexity index is 460. The van der Waals surface area contributed by atoms with Crippen LogP contribution in [0.2, 0.25) is 0 Å². The minimum absolute atomic E-state index is 0.0250. The molecule has 1 aromatic rings. The van der Waals surface area contributed by atoms with Crippen molar-refractivity contribution in [1.82, 2.24) is 10.2 Å². The van der Waals surface area contributed by atoms with Crippen LogP contribution >= 0.6 is 0 Å². The number of nitrogens with one attached hydrogen (secondary N) is 1. The number of morpholine rings is 2. The minimum atomic E-state index is 0.0250. The fourth-order valence-corrected chi connectivity index (χ4v) is 2.93. The maximum atomic E-state index is 12.6. The third kappa shape index (κ3) is 3.61. The van der Waals surface area contributed by atoms with Crippen molar-refractivity contribution in [3.63, 3.8) is 0 Å². The molecular weight excluding hydrogens is 268 g/mol. The van der Waals surface area contributed by atoms with E-state index in [0.29, 0.717) is 32.8 Å². The van der Waals surface area contributed by atoms with Gasteiger partial charge in [0.2, 0.25) is 5.91 Å². The summed E-state index contributed by atoms with van der Waals surface area (Å²) in [7, 11) is 0. The Labute approximate surface area is 125 Å². The van der Waals surface area contributed by atoms with Crippen molar-refractivity contribution in [3.8, 4) is 0 Å². The van der Waals surface area contributed by atoms with Gasteiger partial charge in [-0.1, -0.05) is 30.3 Å². The summed E-state index contributed by atoms with van der Waals surface area (Å²) < 4.78 is 11.0. The average Bonchev–Trinajstić information content (AvgIpc) is 2.56. The maximum Gasteiger partial charge on any atom is 0.224 e. The van der Waals surface area contributed by atoms with Crippen molar-refractivity contribution in [2.75, 3.05) is 39.5 Å². The van der Waals surface area contributed by atoms with E-state index in [-0.39, 0.29) is 18.0 Å². The van der Waals surface area contributed by atoms with E-state index in [4.69, 9.17) is 9.47 Å². The van der Waals surface area contributed by atoms with Crippen LogP contribution in [0.15, 0.2) is 30.3 Å². The lowest BCUT2D eigenvalue weighted by Gasteiger charge is -2.37. The van der Waals surface area contributed by atoms with Gasteiger partial charge in [-0.3, -0.25) is 4.79 Å². The van der Waals surface area contributed by atoms with Crippen LogP contribution in [-0.2, 0) is 14.3 Å². The second-order valence-electron chi connectivity index (χ2n) is 5.52. The van der Waals surface area contributed by atoms with Gasteiger partial charge in [0, 0.05) is 25.6 Å². The minimum Gasteiger partial charge on any atom is -0.378 e. The zero-order valence-corrected chi connectivity index (χ0v) is 12.2. The molecular formula is C16H22N2O3. The second-order valence-corrected chi connectivity index (χ2v) is 5.52. The molecule has 2 fully saturated rings. The molecule has 0 radical (unpaired) electrons. The SMILES string of the molecule is O=C(CC1COCCN1)N1CCOCC1c1ccccc1. The van der Waals surface area contributed by atoms with Crippen molar-refractivity contribution in [1.29, 1.82) is 0 Å². The van der Waals surface area contributed by atoms with E-state index >= 15 is 0 Å². The number of ether oxygens (including phenoxy) is 2. The lowest BCUT2D eigenvalue weighted by Crippen LogP contribution is -2.48. The number of amides is 1. The number of hydrogen-bond acceptors (Lipinski definition) is 4. The predicted molar refractivity (Wildman–Crippen MR) is 78.9 cm³/mol. The first kappa shape index (κ1) is 14.5. The maximum absolute atomic E-state index is 12.6. The van der Waals surface area contributed by atoms with E-state index in [1.165, 1.54) is 0 Å². The van der Waals surface area contributed by atoms with Crippen LogP contribution in [0.3, 0.4) is 0 Å². The lowest BCUT2D eigenvalue weighted by molar-refractivity contribution is -0.141. The summed E-state index contributed by atoms with van der Waals surface area (Å²) in [6.45, 7) is 4.02. The molecule has 114 valence electrons. The largest absolute Gasteiger partial charge is 0.378 e. The van der Waals surface area contributed by atoms with Gasteiger partial charge in [0.05, 0.1) is 32.5 Å². The smallest absolute Gasteiger partial charge is 0.224 e. The van der Waals surface area contributed by atoms with Crippen LogP contribution in [0, 0.1) is 0 Å². The molecule has 0 bridgehead atoms. The molecule has 2 aliphatic heterocycles. The quantitative estimate of drug-likeness (QED) is 0.901. The molecule has 5 heteroatoms. The number of rotatable bonds is 3. The molecule has 2 saturated heterocycles. The van der Waals surface area contributed by atoms with E-state index in [2.05, 4.69) is 17.4 Å². The average molecular weight is 290 g/mol. The summed E-state index contributed by atoms with van der Waals surface area (Å²) in [5.41, 5.74) is 1.14. The summed E-state index contributed by atoms with van der Waals surface area (Å²) in [5, 5.41) is 3.34. The summed E-state index contributed by atoms with van der Waals surface area (Å²) in [6, 6.07) is 10.3. The first-order valence-corrected chi connectivity index (χ1v) is 7.58. The number of hydrogen-bond donors (Lipinski definition) is 1. The summed E-state index contributed by atoms with van der Waals surface area (Å²) in [5.74, 6) is 0.176. The van der Waals surface area contributed by atoms with Gasteiger partial charge >= 0.3 is 0 Å². The first-order valence-electron chi connectivity index (χ1n) is 7.58. The van der Waals surface area contributed by atoms with Gasteiger partial charge < -0.3 is 19.7 Å². The van der Waals surface area contributed by atoms with Gasteiger partial charge in [-0.05, 0) is 5.56 Å². The molecule has 1 aromatic carbocycles. The molecule has 1 N–H and O–H groups in total. The highest BCUT2D eigenvalue weighted by atomic mass is 16.5. The summed E-state index contributed by atoms with van der Waals surface area (Å²) >= 11 is 0. The van der Waals surface area contributed by atoms with Gasteiger partial charge in [0.1, 0.15) is 0 Å². The van der Waals surface area contributed by atoms with Crippen molar-refractivity contribution in [2.24, 2.45) is 0 Å². The van der Waals surface area contributed by atoms with Crippen molar-refractivity contribution < 1.29 is 14.3 Å². The Morgan fingerprint density at radius 2 is 2.00 bits per heavy atom. The van der Waals surface area contributed by atoms with Crippen molar-refractivity contribution in [2.45, 2.75) is 18.5 Å². The molecule has 2 aliphatic rings. The van der Waals surface area contributed by atoms with Crippen LogP contribution < -0.4 is 5.32 Å². The Kier molecular flexibility index (Phi) is 4.85. The molecule has 21 heavy (non-hydrogen) atoms. The third-order valence-corrected chi connectivity index (χ3v) is 4.05. The third-order valence-electron chi connectivity index (χ3n) is 4.05. The van der Waals surface area contributed by atoms with Gasteiger partial charge in [0.15, 0.2) is 0 Å². The van der Waals surface area contributed by atoms with Gasteiger partial charge in [0.25, 0.3) is 0 Å². The number of nitrogens with zero attached hydrogens (tertiary/aromatic N) is 1. The van der Waals surface area contributed by atoms with Crippen molar-refractivity contribution >= 4 is 5.91 Å². The molecule has 2 unspecified atom stereocenters. The zero-order chi connectivity index (χ0) is 14.5. The predicted octanol–water partition coefficient (Wildman–Crippen LogP) is 0.965. The fourth-order valence-electron chi connectivity index (χ4n) is 2.93. The Balaban J connectivity index is 1.67. The zero-order valence-electron chi connectivity index (χ0n) is 12.2. The number of benzene rings is 1. The normalized spacial score (nSPS) is 26.6. The molecule has 0 spiro atoms. The van der Waals surface area contributed by atoms with E-state index in [9.17, 15) is 4.79 Å². The molecule has 0 aliphatic carbocycles. The summed E-state index contributed by atoms with van der Waals surface area (Å²) in [6.07, 6.45) is 0.489. The Hall–Kier alpha value is -1.43. The molecule has 0 aromatic heterocycles. The highest BCUT2D eigenvalue weighted by molar-refractivity contribution is 5.77. The van der Waals surface area contributed by atoms with E-state index in [1.54, 1.807) is 0 Å². The highest BCUT2D eigenvalue weighted by Gasteiger charge is 2.30. The van der Waals surface area contributed by atoms with Crippen LogP contribution in [0.4, 0.5) is 0 Å².